The number of hydrogen-bond donors (Lipinski definition) is 1. The van der Waals surface area contributed by atoms with Gasteiger partial charge in [0.2, 0.25) is 0 Å². The third-order valence-electron chi connectivity index (χ3n) is 2.33. The Kier molecular flexibility index (Phi) is 3.79. The Labute approximate surface area is 116 Å². The quantitative estimate of drug-likeness (QED) is 0.833. The minimum Gasteiger partial charge on any atom is -0.339 e. The molecule has 0 aliphatic rings. The molecule has 2 nitrogen and oxygen atoms in total. The Hall–Kier alpha value is -0.940. The van der Waals surface area contributed by atoms with Crippen molar-refractivity contribution in [1.29, 1.82) is 0 Å². The number of anilines is 2. The van der Waals surface area contributed by atoms with E-state index in [0.717, 1.165) is 8.95 Å². The molecule has 0 spiro atoms. The lowest BCUT2D eigenvalue weighted by Crippen LogP contribution is -1.98. The second-order valence-corrected chi connectivity index (χ2v) is 5.29. The van der Waals surface area contributed by atoms with E-state index in [1.807, 2.05) is 12.1 Å². The van der Waals surface area contributed by atoms with Gasteiger partial charge in [0.05, 0.1) is 4.47 Å². The summed E-state index contributed by atoms with van der Waals surface area (Å²) in [5, 5.41) is 3.09. The van der Waals surface area contributed by atoms with Crippen LogP contribution in [0.1, 0.15) is 5.56 Å². The van der Waals surface area contributed by atoms with Gasteiger partial charge >= 0.3 is 0 Å². The fourth-order valence-corrected chi connectivity index (χ4v) is 2.46. The summed E-state index contributed by atoms with van der Waals surface area (Å²) in [6, 6.07) is 6.79. The van der Waals surface area contributed by atoms with Crippen molar-refractivity contribution in [3.63, 3.8) is 0 Å². The maximum absolute atomic E-state index is 13.4. The molecule has 0 bridgehead atoms. The van der Waals surface area contributed by atoms with Crippen LogP contribution in [0.5, 0.6) is 0 Å². The topological polar surface area (TPSA) is 24.9 Å². The largest absolute Gasteiger partial charge is 0.339 e. The Morgan fingerprint density at radius 3 is 2.76 bits per heavy atom. The Morgan fingerprint density at radius 1 is 1.29 bits per heavy atom. The molecule has 17 heavy (non-hydrogen) atoms. The molecule has 0 aliphatic carbocycles. The summed E-state index contributed by atoms with van der Waals surface area (Å²) in [5.41, 5.74) is 1.28. The molecule has 0 radical (unpaired) electrons. The van der Waals surface area contributed by atoms with Crippen LogP contribution in [0.2, 0.25) is 0 Å². The van der Waals surface area contributed by atoms with E-state index in [0.29, 0.717) is 17.1 Å². The zero-order valence-corrected chi connectivity index (χ0v) is 12.1. The van der Waals surface area contributed by atoms with Gasteiger partial charge in [-0.15, -0.1) is 0 Å². The van der Waals surface area contributed by atoms with E-state index in [-0.39, 0.29) is 5.82 Å². The number of pyridine rings is 1. The zero-order valence-electron chi connectivity index (χ0n) is 8.97. The molecule has 0 fully saturated rings. The third-order valence-corrected chi connectivity index (χ3v) is 3.37. The molecule has 5 heteroatoms. The first kappa shape index (κ1) is 12.5. The highest BCUT2D eigenvalue weighted by Crippen LogP contribution is 2.28. The second-order valence-electron chi connectivity index (χ2n) is 3.52. The average Bonchev–Trinajstić information content (AvgIpc) is 2.28. The number of halogens is 3. The number of benzene rings is 1. The van der Waals surface area contributed by atoms with Gasteiger partial charge in [0.25, 0.3) is 0 Å². The van der Waals surface area contributed by atoms with Gasteiger partial charge in [-0.1, -0.05) is 6.07 Å². The molecule has 2 aromatic rings. The summed E-state index contributed by atoms with van der Waals surface area (Å²) >= 11 is 6.73. The SMILES string of the molecule is Cc1c(F)cccc1Nc1ncc(Br)cc1Br. The third kappa shape index (κ3) is 2.84. The summed E-state index contributed by atoms with van der Waals surface area (Å²) in [7, 11) is 0. The monoisotopic (exact) mass is 358 g/mol. The molecular weight excluding hydrogens is 351 g/mol. The fourth-order valence-electron chi connectivity index (χ4n) is 1.38. The van der Waals surface area contributed by atoms with Crippen molar-refractivity contribution in [3.8, 4) is 0 Å². The summed E-state index contributed by atoms with van der Waals surface area (Å²) in [5.74, 6) is 0.421. The van der Waals surface area contributed by atoms with Crippen molar-refractivity contribution in [1.82, 2.24) is 4.98 Å². The van der Waals surface area contributed by atoms with Crippen molar-refractivity contribution in [2.45, 2.75) is 6.92 Å². The normalized spacial score (nSPS) is 10.4. The lowest BCUT2D eigenvalue weighted by atomic mass is 10.2. The van der Waals surface area contributed by atoms with Gasteiger partial charge in [0.1, 0.15) is 11.6 Å². The molecule has 0 saturated heterocycles. The average molecular weight is 360 g/mol. The first-order valence-electron chi connectivity index (χ1n) is 4.91. The second kappa shape index (κ2) is 5.14. The van der Waals surface area contributed by atoms with E-state index >= 15 is 0 Å². The van der Waals surface area contributed by atoms with Crippen molar-refractivity contribution in [2.75, 3.05) is 5.32 Å². The van der Waals surface area contributed by atoms with Crippen LogP contribution >= 0.6 is 31.9 Å². The van der Waals surface area contributed by atoms with E-state index in [1.165, 1.54) is 6.07 Å². The van der Waals surface area contributed by atoms with Crippen molar-refractivity contribution < 1.29 is 4.39 Å². The standard InChI is InChI=1S/C12H9Br2FN2/c1-7-10(15)3-2-4-11(7)17-12-9(14)5-8(13)6-16-12/h2-6H,1H3,(H,16,17). The van der Waals surface area contributed by atoms with Gasteiger partial charge in [-0.05, 0) is 57.0 Å². The van der Waals surface area contributed by atoms with Crippen LogP contribution in [0.4, 0.5) is 15.9 Å². The van der Waals surface area contributed by atoms with Gasteiger partial charge in [0, 0.05) is 21.9 Å². The van der Waals surface area contributed by atoms with Crippen LogP contribution in [0.3, 0.4) is 0 Å². The number of aromatic nitrogens is 1. The predicted octanol–water partition coefficient (Wildman–Crippen LogP) is 4.80. The van der Waals surface area contributed by atoms with Crippen LogP contribution < -0.4 is 5.32 Å². The van der Waals surface area contributed by atoms with Crippen LogP contribution in [0, 0.1) is 12.7 Å². The van der Waals surface area contributed by atoms with Crippen molar-refractivity contribution >= 4 is 43.4 Å². The van der Waals surface area contributed by atoms with E-state index in [9.17, 15) is 4.39 Å². The molecule has 1 aromatic heterocycles. The molecule has 1 N–H and O–H groups in total. The van der Waals surface area contributed by atoms with Crippen LogP contribution in [0.15, 0.2) is 39.4 Å². The lowest BCUT2D eigenvalue weighted by Gasteiger charge is -2.10. The number of nitrogens with one attached hydrogen (secondary N) is 1. The number of nitrogens with zero attached hydrogens (tertiary/aromatic N) is 1. The molecule has 0 unspecified atom stereocenters. The first-order valence-corrected chi connectivity index (χ1v) is 6.49. The van der Waals surface area contributed by atoms with Gasteiger partial charge < -0.3 is 5.32 Å². The van der Waals surface area contributed by atoms with E-state index in [1.54, 1.807) is 19.2 Å². The highest BCUT2D eigenvalue weighted by Gasteiger charge is 2.07. The summed E-state index contributed by atoms with van der Waals surface area (Å²) in [6.45, 7) is 1.73. The van der Waals surface area contributed by atoms with Crippen LogP contribution in [0.25, 0.3) is 0 Å². The molecule has 88 valence electrons. The molecule has 2 rings (SSSR count). The van der Waals surface area contributed by atoms with E-state index < -0.39 is 0 Å². The van der Waals surface area contributed by atoms with Crippen LogP contribution in [-0.4, -0.2) is 4.98 Å². The molecule has 0 amide bonds. The highest BCUT2D eigenvalue weighted by atomic mass is 79.9. The Balaban J connectivity index is 2.35. The maximum atomic E-state index is 13.4. The predicted molar refractivity (Wildman–Crippen MR) is 74.1 cm³/mol. The smallest absolute Gasteiger partial charge is 0.144 e. The molecule has 0 atom stereocenters. The van der Waals surface area contributed by atoms with E-state index in [2.05, 4.69) is 42.2 Å². The van der Waals surface area contributed by atoms with Gasteiger partial charge in [-0.3, -0.25) is 0 Å². The van der Waals surface area contributed by atoms with E-state index in [4.69, 9.17) is 0 Å². The van der Waals surface area contributed by atoms with Gasteiger partial charge in [0.15, 0.2) is 0 Å². The number of hydrogen-bond acceptors (Lipinski definition) is 2. The van der Waals surface area contributed by atoms with Crippen LogP contribution in [-0.2, 0) is 0 Å². The highest BCUT2D eigenvalue weighted by molar-refractivity contribution is 9.11. The molecule has 0 saturated carbocycles. The minimum atomic E-state index is -0.233. The molecular formula is C12H9Br2FN2. The lowest BCUT2D eigenvalue weighted by molar-refractivity contribution is 0.619. The number of rotatable bonds is 2. The zero-order chi connectivity index (χ0) is 12.4. The van der Waals surface area contributed by atoms with Gasteiger partial charge in [-0.2, -0.15) is 0 Å². The van der Waals surface area contributed by atoms with Crippen molar-refractivity contribution in [3.05, 3.63) is 50.8 Å². The Morgan fingerprint density at radius 2 is 2.06 bits per heavy atom. The summed E-state index contributed by atoms with van der Waals surface area (Å²) in [4.78, 5) is 4.22. The molecule has 0 aliphatic heterocycles. The Bertz CT molecular complexity index is 558. The minimum absolute atomic E-state index is 0.233. The fraction of sp³-hybridized carbons (Fsp3) is 0.0833. The first-order chi connectivity index (χ1) is 8.08. The maximum Gasteiger partial charge on any atom is 0.144 e. The van der Waals surface area contributed by atoms with Crippen molar-refractivity contribution in [2.24, 2.45) is 0 Å². The molecule has 1 heterocycles. The molecule has 1 aromatic carbocycles. The summed E-state index contributed by atoms with van der Waals surface area (Å²) in [6.07, 6.45) is 1.68. The summed E-state index contributed by atoms with van der Waals surface area (Å²) < 4.78 is 15.1. The van der Waals surface area contributed by atoms with Gasteiger partial charge in [-0.25, -0.2) is 9.37 Å².